The Bertz CT molecular complexity index is 889. The fourth-order valence-electron chi connectivity index (χ4n) is 3.22. The van der Waals surface area contributed by atoms with Gasteiger partial charge in [-0.15, -0.1) is 24.0 Å². The first-order chi connectivity index (χ1) is 15.1. The summed E-state index contributed by atoms with van der Waals surface area (Å²) in [4.78, 5) is 22.1. The second-order valence-electron chi connectivity index (χ2n) is 7.09. The number of guanidine groups is 1. The van der Waals surface area contributed by atoms with Crippen LogP contribution in [0.2, 0.25) is 0 Å². The molecule has 0 spiro atoms. The smallest absolute Gasteiger partial charge is 0.409 e. The highest BCUT2D eigenvalue weighted by Gasteiger charge is 2.24. The monoisotopic (exact) mass is 557 g/mol. The zero-order valence-electron chi connectivity index (χ0n) is 18.2. The van der Waals surface area contributed by atoms with Crippen LogP contribution in [0.3, 0.4) is 0 Å². The van der Waals surface area contributed by atoms with E-state index in [1.54, 1.807) is 36.3 Å². The maximum atomic E-state index is 13.2. The molecular weight excluding hydrogens is 528 g/mol. The van der Waals surface area contributed by atoms with Crippen LogP contribution < -0.4 is 15.4 Å². The Kier molecular flexibility index (Phi) is 10.4. The van der Waals surface area contributed by atoms with Crippen molar-refractivity contribution < 1.29 is 18.7 Å². The number of benzene rings is 1. The van der Waals surface area contributed by atoms with Crippen molar-refractivity contribution in [3.05, 3.63) is 54.0 Å². The lowest BCUT2D eigenvalue weighted by Gasteiger charge is -2.32. The summed E-state index contributed by atoms with van der Waals surface area (Å²) < 4.78 is 23.9. The summed E-state index contributed by atoms with van der Waals surface area (Å²) in [5.74, 6) is 1.13. The van der Waals surface area contributed by atoms with Gasteiger partial charge < -0.3 is 25.0 Å². The van der Waals surface area contributed by atoms with Gasteiger partial charge in [-0.3, -0.25) is 4.99 Å². The highest BCUT2D eigenvalue weighted by atomic mass is 127. The van der Waals surface area contributed by atoms with Gasteiger partial charge in [0.1, 0.15) is 11.6 Å². The number of carbonyl (C=O) groups excluding carboxylic acids is 1. The molecule has 0 atom stereocenters. The number of ether oxygens (including phenoxy) is 2. The minimum Gasteiger partial charge on any atom is -0.450 e. The summed E-state index contributed by atoms with van der Waals surface area (Å²) in [6.45, 7) is 4.05. The maximum Gasteiger partial charge on any atom is 0.409 e. The minimum absolute atomic E-state index is 0. The summed E-state index contributed by atoms with van der Waals surface area (Å²) in [5, 5.41) is 6.66. The van der Waals surface area contributed by atoms with Gasteiger partial charge in [0.05, 0.1) is 6.61 Å². The number of amides is 1. The van der Waals surface area contributed by atoms with Crippen LogP contribution in [0.15, 0.2) is 47.6 Å². The minimum atomic E-state index is -0.358. The van der Waals surface area contributed by atoms with Gasteiger partial charge in [0, 0.05) is 51.1 Å². The third kappa shape index (κ3) is 7.81. The van der Waals surface area contributed by atoms with Crippen molar-refractivity contribution >= 4 is 36.0 Å². The van der Waals surface area contributed by atoms with Gasteiger partial charge in [-0.25, -0.2) is 14.2 Å². The molecular formula is C22H29FIN5O3. The van der Waals surface area contributed by atoms with Crippen molar-refractivity contribution in [1.82, 2.24) is 20.5 Å². The van der Waals surface area contributed by atoms with E-state index in [1.807, 2.05) is 13.0 Å². The SMILES string of the molecule is CCOC(=O)N1CCC(NC(=NC)NCc2ccc(Oc3cccc(F)c3)nc2)CC1.I. The highest BCUT2D eigenvalue weighted by molar-refractivity contribution is 14.0. The molecule has 0 radical (unpaired) electrons. The first kappa shape index (κ1) is 25.6. The van der Waals surface area contributed by atoms with Crippen LogP contribution in [0.5, 0.6) is 11.6 Å². The topological polar surface area (TPSA) is 88.1 Å². The number of nitrogens with zero attached hydrogens (tertiary/aromatic N) is 3. The molecule has 0 unspecified atom stereocenters. The van der Waals surface area contributed by atoms with E-state index in [4.69, 9.17) is 9.47 Å². The van der Waals surface area contributed by atoms with Crippen molar-refractivity contribution in [2.45, 2.75) is 32.4 Å². The predicted octanol–water partition coefficient (Wildman–Crippen LogP) is 3.92. The molecule has 1 saturated heterocycles. The van der Waals surface area contributed by atoms with Crippen LogP contribution in [-0.2, 0) is 11.3 Å². The third-order valence-corrected chi connectivity index (χ3v) is 4.86. The average molecular weight is 557 g/mol. The standard InChI is InChI=1S/C22H28FN5O3.HI/c1-3-30-22(29)28-11-9-18(10-12-28)27-21(24-2)26-15-16-7-8-20(25-14-16)31-19-6-4-5-17(23)13-19;/h4-8,13-14,18H,3,9-12,15H2,1-2H3,(H2,24,26,27);1H. The molecule has 2 N–H and O–H groups in total. The molecule has 2 heterocycles. The van der Waals surface area contributed by atoms with Gasteiger partial charge >= 0.3 is 6.09 Å². The summed E-state index contributed by atoms with van der Waals surface area (Å²) in [6, 6.07) is 9.79. The zero-order chi connectivity index (χ0) is 22.1. The second kappa shape index (κ2) is 13.0. The molecule has 1 aromatic heterocycles. The first-order valence-electron chi connectivity index (χ1n) is 10.3. The van der Waals surface area contributed by atoms with Crippen LogP contribution >= 0.6 is 24.0 Å². The van der Waals surface area contributed by atoms with E-state index < -0.39 is 0 Å². The largest absolute Gasteiger partial charge is 0.450 e. The molecule has 2 aromatic rings. The van der Waals surface area contributed by atoms with Crippen LogP contribution in [0.25, 0.3) is 0 Å². The molecule has 1 fully saturated rings. The molecule has 1 aliphatic rings. The third-order valence-electron chi connectivity index (χ3n) is 4.86. The van der Waals surface area contributed by atoms with Crippen molar-refractivity contribution in [3.8, 4) is 11.6 Å². The number of piperidine rings is 1. The fraction of sp³-hybridized carbons (Fsp3) is 0.409. The summed E-state index contributed by atoms with van der Waals surface area (Å²) in [5.41, 5.74) is 0.951. The van der Waals surface area contributed by atoms with E-state index in [0.29, 0.717) is 43.8 Å². The predicted molar refractivity (Wildman–Crippen MR) is 131 cm³/mol. The Labute approximate surface area is 204 Å². The van der Waals surface area contributed by atoms with E-state index in [-0.39, 0.29) is 41.9 Å². The van der Waals surface area contributed by atoms with Gasteiger partial charge in [-0.1, -0.05) is 12.1 Å². The lowest BCUT2D eigenvalue weighted by Crippen LogP contribution is -2.49. The van der Waals surface area contributed by atoms with Gasteiger partial charge in [-0.05, 0) is 37.5 Å². The van der Waals surface area contributed by atoms with Crippen molar-refractivity contribution in [1.29, 1.82) is 0 Å². The summed E-state index contributed by atoms with van der Waals surface area (Å²) in [7, 11) is 1.72. The Morgan fingerprint density at radius 3 is 2.69 bits per heavy atom. The van der Waals surface area contributed by atoms with Gasteiger partial charge in [0.2, 0.25) is 5.88 Å². The zero-order valence-corrected chi connectivity index (χ0v) is 20.5. The number of halogens is 2. The molecule has 8 nitrogen and oxygen atoms in total. The Morgan fingerprint density at radius 1 is 1.28 bits per heavy atom. The molecule has 1 aliphatic heterocycles. The highest BCUT2D eigenvalue weighted by Crippen LogP contribution is 2.20. The Morgan fingerprint density at radius 2 is 2.06 bits per heavy atom. The van der Waals surface area contributed by atoms with Crippen LogP contribution in [0.1, 0.15) is 25.3 Å². The average Bonchev–Trinajstić information content (AvgIpc) is 2.78. The van der Waals surface area contributed by atoms with Gasteiger partial charge in [0.25, 0.3) is 0 Å². The quantitative estimate of drug-likeness (QED) is 0.318. The number of aliphatic imine (C=N–C) groups is 1. The van der Waals surface area contributed by atoms with Crippen LogP contribution in [-0.4, -0.2) is 54.7 Å². The number of carbonyl (C=O) groups is 1. The second-order valence-corrected chi connectivity index (χ2v) is 7.09. The number of likely N-dealkylation sites (tertiary alicyclic amines) is 1. The lowest BCUT2D eigenvalue weighted by molar-refractivity contribution is 0.0963. The fourth-order valence-corrected chi connectivity index (χ4v) is 3.22. The molecule has 174 valence electrons. The molecule has 10 heteroatoms. The van der Waals surface area contributed by atoms with Crippen LogP contribution in [0, 0.1) is 5.82 Å². The number of aromatic nitrogens is 1. The normalized spacial score (nSPS) is 14.3. The molecule has 32 heavy (non-hydrogen) atoms. The summed E-state index contributed by atoms with van der Waals surface area (Å²) >= 11 is 0. The van der Waals surface area contributed by atoms with Gasteiger partial charge in [0.15, 0.2) is 5.96 Å². The maximum absolute atomic E-state index is 13.2. The van der Waals surface area contributed by atoms with Gasteiger partial charge in [-0.2, -0.15) is 0 Å². The van der Waals surface area contributed by atoms with E-state index >= 15 is 0 Å². The Balaban J connectivity index is 0.00000363. The molecule has 0 aliphatic carbocycles. The molecule has 0 saturated carbocycles. The van der Waals surface area contributed by atoms with Crippen molar-refractivity contribution in [3.63, 3.8) is 0 Å². The van der Waals surface area contributed by atoms with E-state index in [2.05, 4.69) is 20.6 Å². The summed E-state index contributed by atoms with van der Waals surface area (Å²) in [6.07, 6.45) is 3.11. The number of hydrogen-bond donors (Lipinski definition) is 2. The molecule has 0 bridgehead atoms. The van der Waals surface area contributed by atoms with E-state index in [1.165, 1.54) is 12.1 Å². The number of rotatable bonds is 6. The van der Waals surface area contributed by atoms with Crippen LogP contribution in [0.4, 0.5) is 9.18 Å². The number of hydrogen-bond acceptors (Lipinski definition) is 5. The van der Waals surface area contributed by atoms with E-state index in [9.17, 15) is 9.18 Å². The van der Waals surface area contributed by atoms with Crippen molar-refractivity contribution in [2.75, 3.05) is 26.7 Å². The molecule has 1 aromatic carbocycles. The Hall–Kier alpha value is -2.63. The first-order valence-corrected chi connectivity index (χ1v) is 10.3. The molecule has 1 amide bonds. The van der Waals surface area contributed by atoms with Crippen molar-refractivity contribution in [2.24, 2.45) is 4.99 Å². The number of nitrogens with one attached hydrogen (secondary N) is 2. The lowest BCUT2D eigenvalue weighted by atomic mass is 10.1. The molecule has 3 rings (SSSR count). The number of pyridine rings is 1. The van der Waals surface area contributed by atoms with E-state index in [0.717, 1.165) is 18.4 Å².